The molecule has 6 nitrogen and oxygen atoms in total. The molecule has 2 aromatic heterocycles. The lowest BCUT2D eigenvalue weighted by Gasteiger charge is -2.05. The fourth-order valence-corrected chi connectivity index (χ4v) is 3.13. The zero-order chi connectivity index (χ0) is 18.6. The van der Waals surface area contributed by atoms with Gasteiger partial charge in [0.05, 0.1) is 36.7 Å². The van der Waals surface area contributed by atoms with E-state index in [1.165, 1.54) is 0 Å². The maximum absolute atomic E-state index is 12.3. The first-order valence-electron chi connectivity index (χ1n) is 8.65. The maximum Gasteiger partial charge on any atom is 0.226 e. The van der Waals surface area contributed by atoms with E-state index in [0.29, 0.717) is 30.2 Å². The number of aromatic nitrogens is 4. The van der Waals surface area contributed by atoms with Gasteiger partial charge in [-0.25, -0.2) is 0 Å². The van der Waals surface area contributed by atoms with E-state index in [0.717, 1.165) is 16.5 Å². The van der Waals surface area contributed by atoms with E-state index < -0.39 is 0 Å². The molecule has 0 aliphatic carbocycles. The molecule has 4 aromatic rings. The van der Waals surface area contributed by atoms with Crippen molar-refractivity contribution in [2.24, 2.45) is 0 Å². The number of halogens is 1. The van der Waals surface area contributed by atoms with Gasteiger partial charge in [0.15, 0.2) is 0 Å². The molecule has 4 rings (SSSR count). The van der Waals surface area contributed by atoms with Gasteiger partial charge in [0, 0.05) is 23.0 Å². The van der Waals surface area contributed by atoms with Crippen molar-refractivity contribution in [2.45, 2.75) is 19.5 Å². The largest absolute Gasteiger partial charge is 0.323 e. The van der Waals surface area contributed by atoms with Crippen molar-refractivity contribution in [3.05, 3.63) is 77.7 Å². The number of aryl methyl sites for hydroxylation is 1. The number of hydrogen-bond acceptors (Lipinski definition) is 3. The van der Waals surface area contributed by atoms with Crippen LogP contribution >= 0.6 is 11.6 Å². The summed E-state index contributed by atoms with van der Waals surface area (Å²) in [5, 5.41) is 13.1. The normalized spacial score (nSPS) is 11.0. The second kappa shape index (κ2) is 7.63. The van der Waals surface area contributed by atoms with Gasteiger partial charge < -0.3 is 5.32 Å². The smallest absolute Gasteiger partial charge is 0.226 e. The molecule has 0 radical (unpaired) electrons. The van der Waals surface area contributed by atoms with Crippen LogP contribution < -0.4 is 5.32 Å². The lowest BCUT2D eigenvalue weighted by molar-refractivity contribution is -0.116. The van der Waals surface area contributed by atoms with Gasteiger partial charge in [-0.15, -0.1) is 0 Å². The predicted molar refractivity (Wildman–Crippen MR) is 106 cm³/mol. The summed E-state index contributed by atoms with van der Waals surface area (Å²) in [5.74, 6) is -0.0770. The highest BCUT2D eigenvalue weighted by atomic mass is 35.5. The quantitative estimate of drug-likeness (QED) is 0.551. The third-order valence-electron chi connectivity index (χ3n) is 4.26. The number of fused-ring (bicyclic) bond motifs is 1. The van der Waals surface area contributed by atoms with E-state index in [-0.39, 0.29) is 5.91 Å². The molecule has 136 valence electrons. The number of rotatable bonds is 6. The SMILES string of the molecule is O=C(CCn1ncc2cc(Cl)ccc21)Nc1cnn(Cc2ccccc2)c1. The van der Waals surface area contributed by atoms with Crippen LogP contribution in [0.3, 0.4) is 0 Å². The summed E-state index contributed by atoms with van der Waals surface area (Å²) in [6, 6.07) is 15.7. The second-order valence-electron chi connectivity index (χ2n) is 6.28. The van der Waals surface area contributed by atoms with Crippen molar-refractivity contribution in [1.82, 2.24) is 19.6 Å². The summed E-state index contributed by atoms with van der Waals surface area (Å²) in [6.07, 6.45) is 5.57. The molecule has 1 N–H and O–H groups in total. The van der Waals surface area contributed by atoms with Crippen LogP contribution in [-0.4, -0.2) is 25.5 Å². The Morgan fingerprint density at radius 2 is 1.93 bits per heavy atom. The fourth-order valence-electron chi connectivity index (χ4n) is 2.95. The Hall–Kier alpha value is -3.12. The number of carbonyl (C=O) groups excluding carboxylic acids is 1. The van der Waals surface area contributed by atoms with Crippen LogP contribution in [0.5, 0.6) is 0 Å². The number of anilines is 1. The van der Waals surface area contributed by atoms with Crippen LogP contribution in [0.4, 0.5) is 5.69 Å². The third-order valence-corrected chi connectivity index (χ3v) is 4.49. The number of amides is 1. The fraction of sp³-hybridized carbons (Fsp3) is 0.150. The molecule has 27 heavy (non-hydrogen) atoms. The minimum Gasteiger partial charge on any atom is -0.323 e. The molecule has 0 bridgehead atoms. The van der Waals surface area contributed by atoms with Gasteiger partial charge in [-0.1, -0.05) is 41.9 Å². The number of nitrogens with one attached hydrogen (secondary N) is 1. The summed E-state index contributed by atoms with van der Waals surface area (Å²) < 4.78 is 3.61. The minimum absolute atomic E-state index is 0.0770. The Morgan fingerprint density at radius 1 is 1.07 bits per heavy atom. The average molecular weight is 380 g/mol. The van der Waals surface area contributed by atoms with Gasteiger partial charge in [0.2, 0.25) is 5.91 Å². The molecular weight excluding hydrogens is 362 g/mol. The van der Waals surface area contributed by atoms with Crippen LogP contribution in [0.2, 0.25) is 5.02 Å². The molecule has 0 saturated heterocycles. The lowest BCUT2D eigenvalue weighted by Crippen LogP contribution is -2.14. The van der Waals surface area contributed by atoms with Crippen molar-refractivity contribution in [2.75, 3.05) is 5.32 Å². The molecular formula is C20H18ClN5O. The van der Waals surface area contributed by atoms with E-state index in [9.17, 15) is 4.79 Å². The van der Waals surface area contributed by atoms with E-state index in [1.807, 2.05) is 59.4 Å². The van der Waals surface area contributed by atoms with Crippen molar-refractivity contribution in [3.8, 4) is 0 Å². The molecule has 0 aliphatic rings. The molecule has 0 atom stereocenters. The summed E-state index contributed by atoms with van der Waals surface area (Å²) >= 11 is 5.99. The number of carbonyl (C=O) groups is 1. The molecule has 0 unspecified atom stereocenters. The first-order valence-corrected chi connectivity index (χ1v) is 9.02. The lowest BCUT2D eigenvalue weighted by atomic mass is 10.2. The highest BCUT2D eigenvalue weighted by Gasteiger charge is 2.08. The van der Waals surface area contributed by atoms with E-state index in [1.54, 1.807) is 17.1 Å². The summed E-state index contributed by atoms with van der Waals surface area (Å²) in [6.45, 7) is 1.16. The number of benzene rings is 2. The van der Waals surface area contributed by atoms with Gasteiger partial charge in [-0.05, 0) is 23.8 Å². The average Bonchev–Trinajstić information content (AvgIpc) is 3.27. The van der Waals surface area contributed by atoms with Gasteiger partial charge in [0.25, 0.3) is 0 Å². The standard InChI is InChI=1S/C20H18ClN5O/c21-17-6-7-19-16(10-17)11-23-26(19)9-8-20(27)24-18-12-22-25(14-18)13-15-4-2-1-3-5-15/h1-7,10-12,14H,8-9,13H2,(H,24,27). The summed E-state index contributed by atoms with van der Waals surface area (Å²) in [4.78, 5) is 12.3. The predicted octanol–water partition coefficient (Wildman–Crippen LogP) is 3.96. The Labute approximate surface area is 161 Å². The Balaban J connectivity index is 1.34. The Bertz CT molecular complexity index is 1070. The first-order chi connectivity index (χ1) is 13.2. The highest BCUT2D eigenvalue weighted by molar-refractivity contribution is 6.31. The minimum atomic E-state index is -0.0770. The van der Waals surface area contributed by atoms with Crippen LogP contribution in [0, 0.1) is 0 Å². The number of hydrogen-bond donors (Lipinski definition) is 1. The number of nitrogens with zero attached hydrogens (tertiary/aromatic N) is 4. The molecule has 2 heterocycles. The molecule has 0 aliphatic heterocycles. The molecule has 2 aromatic carbocycles. The Kier molecular flexibility index (Phi) is 4.89. The van der Waals surface area contributed by atoms with Crippen LogP contribution in [0.25, 0.3) is 10.9 Å². The molecule has 1 amide bonds. The topological polar surface area (TPSA) is 64.7 Å². The Morgan fingerprint density at radius 3 is 2.78 bits per heavy atom. The van der Waals surface area contributed by atoms with Crippen LogP contribution in [-0.2, 0) is 17.9 Å². The van der Waals surface area contributed by atoms with Gasteiger partial charge in [-0.3, -0.25) is 14.2 Å². The van der Waals surface area contributed by atoms with Crippen LogP contribution in [0.15, 0.2) is 67.1 Å². The van der Waals surface area contributed by atoms with Crippen molar-refractivity contribution >= 4 is 34.1 Å². The van der Waals surface area contributed by atoms with E-state index >= 15 is 0 Å². The summed E-state index contributed by atoms with van der Waals surface area (Å²) in [5.41, 5.74) is 2.81. The third kappa shape index (κ3) is 4.17. The van der Waals surface area contributed by atoms with Gasteiger partial charge in [0.1, 0.15) is 0 Å². The van der Waals surface area contributed by atoms with Crippen molar-refractivity contribution < 1.29 is 4.79 Å². The highest BCUT2D eigenvalue weighted by Crippen LogP contribution is 2.19. The molecule has 0 spiro atoms. The molecule has 0 fully saturated rings. The molecule has 0 saturated carbocycles. The van der Waals surface area contributed by atoms with E-state index in [4.69, 9.17) is 11.6 Å². The van der Waals surface area contributed by atoms with Gasteiger partial charge >= 0.3 is 0 Å². The van der Waals surface area contributed by atoms with Crippen molar-refractivity contribution in [3.63, 3.8) is 0 Å². The summed E-state index contributed by atoms with van der Waals surface area (Å²) in [7, 11) is 0. The maximum atomic E-state index is 12.3. The molecule has 7 heteroatoms. The second-order valence-corrected chi connectivity index (χ2v) is 6.72. The zero-order valence-electron chi connectivity index (χ0n) is 14.5. The van der Waals surface area contributed by atoms with Gasteiger partial charge in [-0.2, -0.15) is 10.2 Å². The van der Waals surface area contributed by atoms with Crippen LogP contribution in [0.1, 0.15) is 12.0 Å². The monoisotopic (exact) mass is 379 g/mol. The van der Waals surface area contributed by atoms with Crippen molar-refractivity contribution in [1.29, 1.82) is 0 Å². The van der Waals surface area contributed by atoms with E-state index in [2.05, 4.69) is 15.5 Å². The first kappa shape index (κ1) is 17.3. The zero-order valence-corrected chi connectivity index (χ0v) is 15.3.